The Morgan fingerprint density at radius 1 is 1.15 bits per heavy atom. The maximum Gasteiger partial charge on any atom is 0.196 e. The van der Waals surface area contributed by atoms with Crippen molar-refractivity contribution in [1.29, 1.82) is 5.26 Å². The molecule has 0 unspecified atom stereocenters. The summed E-state index contributed by atoms with van der Waals surface area (Å²) in [6.07, 6.45) is 0. The largest absolute Gasteiger partial charge is 0.497 e. The van der Waals surface area contributed by atoms with E-state index in [0.29, 0.717) is 5.01 Å². The van der Waals surface area contributed by atoms with Crippen molar-refractivity contribution in [3.05, 3.63) is 63.5 Å². The topological polar surface area (TPSA) is 70.3 Å². The van der Waals surface area contributed by atoms with E-state index in [0.717, 1.165) is 33.8 Å². The molecule has 0 aliphatic heterocycles. The highest BCUT2D eigenvalue weighted by molar-refractivity contribution is 7.12. The number of aryl methyl sites for hydroxylation is 3. The van der Waals surface area contributed by atoms with Crippen LogP contribution in [0.4, 0.5) is 5.69 Å². The summed E-state index contributed by atoms with van der Waals surface area (Å²) in [5.41, 5.74) is 9.37. The zero-order valence-corrected chi connectivity index (χ0v) is 16.5. The molecular formula is C21H20N4OS. The molecule has 0 spiro atoms. The van der Waals surface area contributed by atoms with Gasteiger partial charge in [0.25, 0.3) is 0 Å². The zero-order chi connectivity index (χ0) is 19.4. The van der Waals surface area contributed by atoms with Gasteiger partial charge in [0.2, 0.25) is 0 Å². The molecule has 0 radical (unpaired) electrons. The predicted octanol–water partition coefficient (Wildman–Crippen LogP) is 5.08. The molecule has 1 aromatic heterocycles. The van der Waals surface area contributed by atoms with Gasteiger partial charge >= 0.3 is 0 Å². The van der Waals surface area contributed by atoms with Crippen LogP contribution in [0.2, 0.25) is 0 Å². The minimum absolute atomic E-state index is 0.263. The van der Waals surface area contributed by atoms with Gasteiger partial charge in [-0.1, -0.05) is 17.7 Å². The lowest BCUT2D eigenvalue weighted by molar-refractivity contribution is 0.415. The van der Waals surface area contributed by atoms with E-state index in [2.05, 4.69) is 40.6 Å². The summed E-state index contributed by atoms with van der Waals surface area (Å²) in [4.78, 5) is 4.56. The molecule has 1 N–H and O–H groups in total. The minimum Gasteiger partial charge on any atom is -0.497 e. The maximum atomic E-state index is 9.52. The van der Waals surface area contributed by atoms with Gasteiger partial charge in [-0.2, -0.15) is 10.4 Å². The number of aromatic nitrogens is 1. The Morgan fingerprint density at radius 2 is 1.81 bits per heavy atom. The van der Waals surface area contributed by atoms with Crippen molar-refractivity contribution in [2.24, 2.45) is 5.10 Å². The fourth-order valence-corrected chi connectivity index (χ4v) is 3.63. The third kappa shape index (κ3) is 4.15. The Hall–Kier alpha value is -3.17. The number of anilines is 1. The number of ether oxygens (including phenoxy) is 1. The molecular weight excluding hydrogens is 356 g/mol. The smallest absolute Gasteiger partial charge is 0.196 e. The van der Waals surface area contributed by atoms with Gasteiger partial charge in [-0.3, -0.25) is 5.43 Å². The lowest BCUT2D eigenvalue weighted by Gasteiger charge is -2.10. The van der Waals surface area contributed by atoms with E-state index < -0.39 is 0 Å². The van der Waals surface area contributed by atoms with Gasteiger partial charge in [0.1, 0.15) is 11.8 Å². The Bertz CT molecular complexity index is 1010. The molecule has 2 aromatic carbocycles. The van der Waals surface area contributed by atoms with Crippen molar-refractivity contribution in [3.8, 4) is 23.1 Å². The molecule has 0 saturated heterocycles. The fraction of sp³-hybridized carbons (Fsp3) is 0.190. The molecule has 0 bridgehead atoms. The summed E-state index contributed by atoms with van der Waals surface area (Å²) >= 11 is 1.40. The quantitative estimate of drug-likeness (QED) is 0.498. The Kier molecular flexibility index (Phi) is 5.53. The van der Waals surface area contributed by atoms with Crippen LogP contribution in [0.3, 0.4) is 0 Å². The lowest BCUT2D eigenvalue weighted by Crippen LogP contribution is -2.03. The highest BCUT2D eigenvalue weighted by Crippen LogP contribution is 2.25. The molecule has 0 atom stereocenters. The summed E-state index contributed by atoms with van der Waals surface area (Å²) < 4.78 is 5.18. The molecule has 6 heteroatoms. The molecule has 136 valence electrons. The highest BCUT2D eigenvalue weighted by atomic mass is 32.1. The Balaban J connectivity index is 1.85. The molecule has 0 fully saturated rings. The maximum absolute atomic E-state index is 9.52. The number of hydrogen-bond donors (Lipinski definition) is 1. The first-order chi connectivity index (χ1) is 13.0. The molecule has 0 aliphatic rings. The molecule has 0 aliphatic carbocycles. The number of nitrogens with zero attached hydrogens (tertiary/aromatic N) is 3. The van der Waals surface area contributed by atoms with E-state index in [4.69, 9.17) is 4.74 Å². The number of hydrogen-bond acceptors (Lipinski definition) is 6. The summed E-state index contributed by atoms with van der Waals surface area (Å²) in [6, 6.07) is 14.0. The summed E-state index contributed by atoms with van der Waals surface area (Å²) in [5, 5.41) is 16.3. The third-order valence-corrected chi connectivity index (χ3v) is 5.00. The van der Waals surface area contributed by atoms with E-state index in [1.807, 2.05) is 43.5 Å². The SMILES string of the molecule is COc1ccc(-c2csc(/C(C#N)=N\Nc3c(C)cc(C)cc3C)n2)cc1. The van der Waals surface area contributed by atoms with Crippen molar-refractivity contribution in [3.63, 3.8) is 0 Å². The molecule has 3 aromatic rings. The Labute approximate surface area is 163 Å². The minimum atomic E-state index is 0.263. The van der Waals surface area contributed by atoms with E-state index in [1.165, 1.54) is 16.9 Å². The number of methoxy groups -OCH3 is 1. The van der Waals surface area contributed by atoms with E-state index in [9.17, 15) is 5.26 Å². The first-order valence-corrected chi connectivity index (χ1v) is 9.31. The van der Waals surface area contributed by atoms with Crippen molar-refractivity contribution in [2.75, 3.05) is 12.5 Å². The van der Waals surface area contributed by atoms with Crippen LogP contribution in [0.5, 0.6) is 5.75 Å². The van der Waals surface area contributed by atoms with Crippen molar-refractivity contribution >= 4 is 22.7 Å². The van der Waals surface area contributed by atoms with Crippen LogP contribution in [-0.4, -0.2) is 17.8 Å². The molecule has 3 rings (SSSR count). The second kappa shape index (κ2) is 8.02. The summed E-state index contributed by atoms with van der Waals surface area (Å²) in [5.74, 6) is 0.793. The first kappa shape index (κ1) is 18.6. The van der Waals surface area contributed by atoms with Gasteiger partial charge in [-0.25, -0.2) is 4.98 Å². The van der Waals surface area contributed by atoms with Crippen LogP contribution in [0.1, 0.15) is 21.7 Å². The van der Waals surface area contributed by atoms with Gasteiger partial charge < -0.3 is 4.74 Å². The molecule has 0 saturated carbocycles. The normalized spacial score (nSPS) is 11.1. The highest BCUT2D eigenvalue weighted by Gasteiger charge is 2.11. The zero-order valence-electron chi connectivity index (χ0n) is 15.7. The monoisotopic (exact) mass is 376 g/mol. The van der Waals surface area contributed by atoms with Gasteiger partial charge in [0, 0.05) is 10.9 Å². The van der Waals surface area contributed by atoms with E-state index in [1.54, 1.807) is 7.11 Å². The van der Waals surface area contributed by atoms with Crippen LogP contribution in [0.15, 0.2) is 46.9 Å². The van der Waals surface area contributed by atoms with Crippen LogP contribution in [0, 0.1) is 32.1 Å². The number of nitriles is 1. The van der Waals surface area contributed by atoms with Crippen LogP contribution < -0.4 is 10.2 Å². The van der Waals surface area contributed by atoms with Crippen LogP contribution in [-0.2, 0) is 0 Å². The van der Waals surface area contributed by atoms with E-state index in [-0.39, 0.29) is 5.71 Å². The van der Waals surface area contributed by atoms with Crippen molar-refractivity contribution in [2.45, 2.75) is 20.8 Å². The number of benzene rings is 2. The molecule has 1 heterocycles. The van der Waals surface area contributed by atoms with Crippen LogP contribution in [0.25, 0.3) is 11.3 Å². The van der Waals surface area contributed by atoms with Crippen LogP contribution >= 0.6 is 11.3 Å². The van der Waals surface area contributed by atoms with Gasteiger partial charge in [-0.15, -0.1) is 11.3 Å². The number of hydrazone groups is 1. The molecule has 5 nitrogen and oxygen atoms in total. The molecule has 0 amide bonds. The van der Waals surface area contributed by atoms with Gasteiger partial charge in [0.15, 0.2) is 10.7 Å². The fourth-order valence-electron chi connectivity index (χ4n) is 2.87. The number of rotatable bonds is 5. The predicted molar refractivity (Wildman–Crippen MR) is 111 cm³/mol. The van der Waals surface area contributed by atoms with Crippen molar-refractivity contribution < 1.29 is 4.74 Å². The lowest BCUT2D eigenvalue weighted by atomic mass is 10.1. The van der Waals surface area contributed by atoms with Crippen molar-refractivity contribution in [1.82, 2.24) is 4.98 Å². The average molecular weight is 376 g/mol. The molecule has 27 heavy (non-hydrogen) atoms. The second-order valence-corrected chi connectivity index (χ2v) is 7.08. The second-order valence-electron chi connectivity index (χ2n) is 6.22. The first-order valence-electron chi connectivity index (χ1n) is 8.43. The Morgan fingerprint density at radius 3 is 2.41 bits per heavy atom. The number of thiazole rings is 1. The van der Waals surface area contributed by atoms with E-state index >= 15 is 0 Å². The summed E-state index contributed by atoms with van der Waals surface area (Å²) in [6.45, 7) is 6.11. The standard InChI is InChI=1S/C21H20N4OS/c1-13-9-14(2)20(15(3)10-13)25-24-18(11-22)21-23-19(12-27-21)16-5-7-17(26-4)8-6-16/h5-10,12,25H,1-4H3/b24-18-. The number of nitrogens with one attached hydrogen (secondary N) is 1. The average Bonchev–Trinajstić information content (AvgIpc) is 3.14. The summed E-state index contributed by atoms with van der Waals surface area (Å²) in [7, 11) is 1.64. The van der Waals surface area contributed by atoms with Gasteiger partial charge in [0.05, 0.1) is 18.5 Å². The third-order valence-electron chi connectivity index (χ3n) is 4.15. The van der Waals surface area contributed by atoms with Gasteiger partial charge in [-0.05, 0) is 56.2 Å².